The van der Waals surface area contributed by atoms with Gasteiger partial charge in [0.15, 0.2) is 5.13 Å². The molecule has 0 spiro atoms. The van der Waals surface area contributed by atoms with Crippen molar-refractivity contribution in [3.8, 4) is 5.75 Å². The fourth-order valence-corrected chi connectivity index (χ4v) is 5.16. The zero-order chi connectivity index (χ0) is 23.7. The summed E-state index contributed by atoms with van der Waals surface area (Å²) in [5.74, 6) is 0.384. The van der Waals surface area contributed by atoms with Gasteiger partial charge in [-0.25, -0.2) is 4.98 Å². The topological polar surface area (TPSA) is 55.3 Å². The number of aryl methyl sites for hydroxylation is 1. The lowest BCUT2D eigenvalue weighted by Gasteiger charge is -2.22. The van der Waals surface area contributed by atoms with Gasteiger partial charge in [0.2, 0.25) is 0 Å². The summed E-state index contributed by atoms with van der Waals surface area (Å²) in [5.41, 5.74) is 3.14. The highest BCUT2D eigenvalue weighted by atomic mass is 35.5. The van der Waals surface area contributed by atoms with Gasteiger partial charge in [0, 0.05) is 17.4 Å². The summed E-state index contributed by atoms with van der Waals surface area (Å²) in [6, 6.07) is 19.3. The second kappa shape index (κ2) is 9.41. The van der Waals surface area contributed by atoms with Crippen LogP contribution < -0.4 is 9.64 Å². The average Bonchev–Trinajstić information content (AvgIpc) is 3.30. The third-order valence-corrected chi connectivity index (χ3v) is 7.13. The van der Waals surface area contributed by atoms with Gasteiger partial charge in [0.1, 0.15) is 5.75 Å². The Bertz CT molecular complexity index is 1500. The number of hydrogen-bond acceptors (Lipinski definition) is 5. The molecular weight excluding hydrogens is 466 g/mol. The lowest BCUT2D eigenvalue weighted by Crippen LogP contribution is -2.31. The molecule has 0 bridgehead atoms. The average molecular weight is 488 g/mol. The standard InChI is InChI=1S/C27H22ClN3O2S/c1-3-33-22-12-10-19-8-4-5-9-20(19)24(22)26(32)31(16-18-7-6-14-29-15-18)27-30-25-17(2)21(28)11-13-23(25)34-27/h4-15H,3,16H2,1-2H3. The summed E-state index contributed by atoms with van der Waals surface area (Å²) < 4.78 is 6.88. The van der Waals surface area contributed by atoms with Gasteiger partial charge < -0.3 is 4.74 Å². The molecule has 5 aromatic rings. The molecule has 0 aliphatic rings. The van der Waals surface area contributed by atoms with E-state index in [-0.39, 0.29) is 5.91 Å². The molecule has 1 amide bonds. The highest BCUT2D eigenvalue weighted by Gasteiger charge is 2.27. The number of pyridine rings is 1. The smallest absolute Gasteiger partial charge is 0.264 e. The summed E-state index contributed by atoms with van der Waals surface area (Å²) in [4.78, 5) is 25.0. The van der Waals surface area contributed by atoms with Crippen LogP contribution in [0.4, 0.5) is 5.13 Å². The molecule has 2 heterocycles. The number of nitrogens with zero attached hydrogens (tertiary/aromatic N) is 3. The maximum atomic E-state index is 14.3. The molecule has 0 saturated heterocycles. The van der Waals surface area contributed by atoms with Crippen molar-refractivity contribution in [3.63, 3.8) is 0 Å². The Morgan fingerprint density at radius 2 is 1.94 bits per heavy atom. The molecule has 34 heavy (non-hydrogen) atoms. The van der Waals surface area contributed by atoms with Crippen LogP contribution >= 0.6 is 22.9 Å². The van der Waals surface area contributed by atoms with Gasteiger partial charge in [-0.05, 0) is 60.0 Å². The van der Waals surface area contributed by atoms with Gasteiger partial charge in [-0.3, -0.25) is 14.7 Å². The van der Waals surface area contributed by atoms with Crippen molar-refractivity contribution < 1.29 is 9.53 Å². The van der Waals surface area contributed by atoms with E-state index >= 15 is 0 Å². The predicted molar refractivity (Wildman–Crippen MR) is 139 cm³/mol. The summed E-state index contributed by atoms with van der Waals surface area (Å²) >= 11 is 7.81. The first kappa shape index (κ1) is 22.3. The number of anilines is 1. The molecule has 0 unspecified atom stereocenters. The van der Waals surface area contributed by atoms with E-state index in [2.05, 4.69) is 4.98 Å². The van der Waals surface area contributed by atoms with E-state index in [9.17, 15) is 4.79 Å². The summed E-state index contributed by atoms with van der Waals surface area (Å²) in [5, 5.41) is 3.07. The Labute approximate surface area is 206 Å². The van der Waals surface area contributed by atoms with Crippen molar-refractivity contribution in [2.75, 3.05) is 11.5 Å². The molecular formula is C27H22ClN3O2S. The SMILES string of the molecule is CCOc1ccc2ccccc2c1C(=O)N(Cc1cccnc1)c1nc2c(C)c(Cl)ccc2s1. The van der Waals surface area contributed by atoms with Crippen LogP contribution in [0.3, 0.4) is 0 Å². The summed E-state index contributed by atoms with van der Waals surface area (Å²) in [7, 11) is 0. The highest BCUT2D eigenvalue weighted by molar-refractivity contribution is 7.22. The van der Waals surface area contributed by atoms with Crippen LogP contribution in [0.15, 0.2) is 73.1 Å². The molecule has 0 atom stereocenters. The van der Waals surface area contributed by atoms with Crippen LogP contribution in [0.1, 0.15) is 28.4 Å². The first-order chi connectivity index (χ1) is 16.6. The molecule has 170 valence electrons. The summed E-state index contributed by atoms with van der Waals surface area (Å²) in [6.45, 7) is 4.64. The maximum Gasteiger partial charge on any atom is 0.264 e. The van der Waals surface area contributed by atoms with Gasteiger partial charge in [0.05, 0.1) is 28.9 Å². The van der Waals surface area contributed by atoms with Crippen molar-refractivity contribution >= 4 is 55.0 Å². The number of ether oxygens (including phenoxy) is 1. The zero-order valence-electron chi connectivity index (χ0n) is 18.8. The molecule has 5 rings (SSSR count). The normalized spacial score (nSPS) is 11.1. The number of carbonyl (C=O) groups is 1. The number of hydrogen-bond donors (Lipinski definition) is 0. The van der Waals surface area contributed by atoms with E-state index < -0.39 is 0 Å². The quantitative estimate of drug-likeness (QED) is 0.257. The fraction of sp³-hybridized carbons (Fsp3) is 0.148. The lowest BCUT2D eigenvalue weighted by atomic mass is 10.0. The first-order valence-electron chi connectivity index (χ1n) is 11.0. The van der Waals surface area contributed by atoms with Gasteiger partial charge in [-0.15, -0.1) is 0 Å². The highest BCUT2D eigenvalue weighted by Crippen LogP contribution is 2.37. The van der Waals surface area contributed by atoms with E-state index in [1.807, 2.05) is 74.5 Å². The minimum absolute atomic E-state index is 0.174. The van der Waals surface area contributed by atoms with Crippen molar-refractivity contribution in [1.82, 2.24) is 9.97 Å². The van der Waals surface area contributed by atoms with E-state index in [0.29, 0.717) is 34.6 Å². The number of rotatable bonds is 6. The van der Waals surface area contributed by atoms with Gasteiger partial charge >= 0.3 is 0 Å². The van der Waals surface area contributed by atoms with E-state index in [1.54, 1.807) is 17.3 Å². The molecule has 7 heteroatoms. The van der Waals surface area contributed by atoms with Crippen molar-refractivity contribution in [3.05, 3.63) is 94.8 Å². The van der Waals surface area contributed by atoms with Crippen molar-refractivity contribution in [2.24, 2.45) is 0 Å². The number of aromatic nitrogens is 2. The molecule has 0 N–H and O–H groups in total. The third kappa shape index (κ3) is 4.11. The Morgan fingerprint density at radius 1 is 1.09 bits per heavy atom. The lowest BCUT2D eigenvalue weighted by molar-refractivity contribution is 0.0983. The maximum absolute atomic E-state index is 14.3. The van der Waals surface area contributed by atoms with Crippen molar-refractivity contribution in [1.29, 1.82) is 0 Å². The number of amides is 1. The van der Waals surface area contributed by atoms with Crippen LogP contribution in [-0.2, 0) is 6.54 Å². The Balaban J connectivity index is 1.69. The summed E-state index contributed by atoms with van der Waals surface area (Å²) in [6.07, 6.45) is 3.49. The molecule has 2 aromatic heterocycles. The van der Waals surface area contributed by atoms with Gasteiger partial charge in [-0.1, -0.05) is 59.3 Å². The molecule has 0 radical (unpaired) electrons. The van der Waals surface area contributed by atoms with Gasteiger partial charge in [0.25, 0.3) is 5.91 Å². The molecule has 5 nitrogen and oxygen atoms in total. The molecule has 0 saturated carbocycles. The van der Waals surface area contributed by atoms with E-state index in [0.717, 1.165) is 32.1 Å². The molecule has 3 aromatic carbocycles. The van der Waals surface area contributed by atoms with Crippen LogP contribution in [-0.4, -0.2) is 22.5 Å². The number of benzene rings is 3. The van der Waals surface area contributed by atoms with Crippen LogP contribution in [0.25, 0.3) is 21.0 Å². The minimum Gasteiger partial charge on any atom is -0.493 e. The minimum atomic E-state index is -0.174. The number of thiazole rings is 1. The number of halogens is 1. The van der Waals surface area contributed by atoms with Crippen LogP contribution in [0, 0.1) is 6.92 Å². The number of carbonyl (C=O) groups excluding carboxylic acids is 1. The largest absolute Gasteiger partial charge is 0.493 e. The van der Waals surface area contributed by atoms with Crippen LogP contribution in [0.5, 0.6) is 5.75 Å². The van der Waals surface area contributed by atoms with E-state index in [1.165, 1.54) is 11.3 Å². The number of fused-ring (bicyclic) bond motifs is 2. The zero-order valence-corrected chi connectivity index (χ0v) is 20.4. The van der Waals surface area contributed by atoms with Gasteiger partial charge in [-0.2, -0.15) is 0 Å². The molecule has 0 aliphatic heterocycles. The second-order valence-corrected chi connectivity index (χ2v) is 9.28. The predicted octanol–water partition coefficient (Wildman–Crippen LogP) is 7.05. The molecule has 0 fully saturated rings. The monoisotopic (exact) mass is 487 g/mol. The Kier molecular flexibility index (Phi) is 6.18. The van der Waals surface area contributed by atoms with Crippen molar-refractivity contribution in [2.45, 2.75) is 20.4 Å². The molecule has 0 aliphatic carbocycles. The fourth-order valence-electron chi connectivity index (χ4n) is 3.99. The second-order valence-electron chi connectivity index (χ2n) is 7.86. The Hall–Kier alpha value is -3.48. The van der Waals surface area contributed by atoms with Crippen LogP contribution in [0.2, 0.25) is 5.02 Å². The third-order valence-electron chi connectivity index (χ3n) is 5.68. The Morgan fingerprint density at radius 3 is 2.74 bits per heavy atom. The van der Waals surface area contributed by atoms with E-state index in [4.69, 9.17) is 21.3 Å². The first-order valence-corrected chi connectivity index (χ1v) is 12.2.